The summed E-state index contributed by atoms with van der Waals surface area (Å²) in [6.45, 7) is 6.13. The molecule has 0 saturated carbocycles. The Kier molecular flexibility index (Phi) is 6.61. The summed E-state index contributed by atoms with van der Waals surface area (Å²) in [4.78, 5) is 19.8. The van der Waals surface area contributed by atoms with Gasteiger partial charge in [-0.05, 0) is 60.7 Å². The zero-order chi connectivity index (χ0) is 25.2. The van der Waals surface area contributed by atoms with E-state index in [1.807, 2.05) is 49.4 Å². The number of allylic oxidation sites excluding steroid dienone is 1. The number of hydrogen-bond acceptors (Lipinski definition) is 4. The molecule has 7 heteroatoms. The van der Waals surface area contributed by atoms with Crippen molar-refractivity contribution in [1.82, 2.24) is 15.5 Å². The van der Waals surface area contributed by atoms with Gasteiger partial charge in [-0.15, -0.1) is 0 Å². The summed E-state index contributed by atoms with van der Waals surface area (Å²) in [5, 5.41) is 7.99. The van der Waals surface area contributed by atoms with Crippen LogP contribution >= 0.6 is 11.6 Å². The van der Waals surface area contributed by atoms with Gasteiger partial charge in [0, 0.05) is 16.3 Å². The van der Waals surface area contributed by atoms with E-state index in [9.17, 15) is 4.79 Å². The number of nitrogens with one attached hydrogen (secondary N) is 1. The van der Waals surface area contributed by atoms with Gasteiger partial charge in [-0.2, -0.15) is 4.98 Å². The number of benzene rings is 3. The van der Waals surface area contributed by atoms with E-state index in [-0.39, 0.29) is 6.03 Å². The quantitative estimate of drug-likeness (QED) is 0.304. The van der Waals surface area contributed by atoms with Crippen LogP contribution in [0.1, 0.15) is 49.4 Å². The standard InChI is InChI=1S/C29H27ClN4O2/c1-4-19-12-14-21(15-13-19)26-25(28-32-27(33-36-28)22-9-7-10-23(30)17-22)18(3)34(29(35)31-26)24-11-6-8-20(5-2)16-24/h6-17,26H,4-5H2,1-3H3,(H,31,35). The summed E-state index contributed by atoms with van der Waals surface area (Å²) in [5.41, 5.74) is 6.34. The van der Waals surface area contributed by atoms with Crippen LogP contribution in [0.3, 0.4) is 0 Å². The highest BCUT2D eigenvalue weighted by Crippen LogP contribution is 2.39. The number of aryl methyl sites for hydroxylation is 2. The van der Waals surface area contributed by atoms with Gasteiger partial charge >= 0.3 is 6.03 Å². The van der Waals surface area contributed by atoms with Crippen LogP contribution in [0.5, 0.6) is 0 Å². The lowest BCUT2D eigenvalue weighted by atomic mass is 9.93. The molecule has 1 aliphatic rings. The van der Waals surface area contributed by atoms with E-state index < -0.39 is 6.04 Å². The Bertz CT molecular complexity index is 1440. The van der Waals surface area contributed by atoms with Crippen LogP contribution in [-0.2, 0) is 12.8 Å². The van der Waals surface area contributed by atoms with E-state index in [0.717, 1.165) is 46.5 Å². The minimum absolute atomic E-state index is 0.205. The lowest BCUT2D eigenvalue weighted by Crippen LogP contribution is -2.46. The topological polar surface area (TPSA) is 71.3 Å². The molecule has 0 bridgehead atoms. The number of carbonyl (C=O) groups is 1. The van der Waals surface area contributed by atoms with E-state index in [4.69, 9.17) is 21.1 Å². The first-order chi connectivity index (χ1) is 17.5. The molecule has 5 rings (SSSR count). The van der Waals surface area contributed by atoms with Crippen molar-refractivity contribution in [3.05, 3.63) is 106 Å². The summed E-state index contributed by atoms with van der Waals surface area (Å²) in [6, 6.07) is 22.9. The molecule has 1 aromatic heterocycles. The van der Waals surface area contributed by atoms with Crippen LogP contribution in [0.4, 0.5) is 10.5 Å². The molecule has 36 heavy (non-hydrogen) atoms. The molecule has 0 saturated heterocycles. The third-order valence-electron chi connectivity index (χ3n) is 6.52. The van der Waals surface area contributed by atoms with Crippen molar-refractivity contribution in [2.75, 3.05) is 4.90 Å². The van der Waals surface area contributed by atoms with Gasteiger partial charge in [-0.3, -0.25) is 4.90 Å². The molecule has 1 unspecified atom stereocenters. The Hall–Kier alpha value is -3.90. The molecule has 6 nitrogen and oxygen atoms in total. The van der Waals surface area contributed by atoms with Crippen LogP contribution < -0.4 is 10.2 Å². The lowest BCUT2D eigenvalue weighted by molar-refractivity contribution is 0.244. The molecule has 1 N–H and O–H groups in total. The normalized spacial score (nSPS) is 15.8. The molecule has 0 aliphatic carbocycles. The first-order valence-electron chi connectivity index (χ1n) is 12.1. The molecular weight excluding hydrogens is 472 g/mol. The van der Waals surface area contributed by atoms with Gasteiger partial charge in [0.15, 0.2) is 0 Å². The van der Waals surface area contributed by atoms with Crippen LogP contribution in [-0.4, -0.2) is 16.2 Å². The van der Waals surface area contributed by atoms with Gasteiger partial charge in [-0.1, -0.05) is 79.1 Å². The average Bonchev–Trinajstić information content (AvgIpc) is 3.38. The molecule has 0 spiro atoms. The second kappa shape index (κ2) is 9.99. The summed E-state index contributed by atoms with van der Waals surface area (Å²) in [7, 11) is 0. The maximum atomic E-state index is 13.5. The monoisotopic (exact) mass is 498 g/mol. The molecule has 3 aromatic carbocycles. The van der Waals surface area contributed by atoms with Gasteiger partial charge in [-0.25, -0.2) is 4.79 Å². The first-order valence-corrected chi connectivity index (χ1v) is 12.5. The Balaban J connectivity index is 1.65. The third-order valence-corrected chi connectivity index (χ3v) is 6.76. The van der Waals surface area contributed by atoms with Crippen LogP contribution in [0.25, 0.3) is 17.0 Å². The van der Waals surface area contributed by atoms with Crippen molar-refractivity contribution in [3.8, 4) is 11.4 Å². The third kappa shape index (κ3) is 4.52. The number of halogens is 1. The minimum atomic E-state index is -0.443. The van der Waals surface area contributed by atoms with Gasteiger partial charge in [0.25, 0.3) is 5.89 Å². The number of hydrogen-bond donors (Lipinski definition) is 1. The van der Waals surface area contributed by atoms with Gasteiger partial charge < -0.3 is 9.84 Å². The molecule has 182 valence electrons. The molecule has 4 aromatic rings. The van der Waals surface area contributed by atoms with Crippen molar-refractivity contribution in [2.24, 2.45) is 0 Å². The number of aromatic nitrogens is 2. The van der Waals surface area contributed by atoms with Gasteiger partial charge in [0.05, 0.1) is 17.3 Å². The second-order valence-corrected chi connectivity index (χ2v) is 9.21. The summed E-state index contributed by atoms with van der Waals surface area (Å²) >= 11 is 6.18. The highest BCUT2D eigenvalue weighted by atomic mass is 35.5. The molecular formula is C29H27ClN4O2. The smallest absolute Gasteiger partial charge is 0.326 e. The fourth-order valence-electron chi connectivity index (χ4n) is 4.52. The molecule has 1 atom stereocenters. The zero-order valence-corrected chi connectivity index (χ0v) is 21.2. The van der Waals surface area contributed by atoms with Crippen LogP contribution in [0.2, 0.25) is 5.02 Å². The van der Waals surface area contributed by atoms with E-state index >= 15 is 0 Å². The maximum absolute atomic E-state index is 13.5. The highest BCUT2D eigenvalue weighted by Gasteiger charge is 2.36. The Morgan fingerprint density at radius 2 is 1.72 bits per heavy atom. The van der Waals surface area contributed by atoms with Crippen molar-refractivity contribution in [2.45, 2.75) is 39.7 Å². The molecule has 0 radical (unpaired) electrons. The number of anilines is 1. The van der Waals surface area contributed by atoms with Crippen LogP contribution in [0.15, 0.2) is 83.0 Å². The van der Waals surface area contributed by atoms with E-state index in [1.54, 1.807) is 17.0 Å². The fourth-order valence-corrected chi connectivity index (χ4v) is 4.71. The van der Waals surface area contributed by atoms with E-state index in [2.05, 4.69) is 42.5 Å². The largest absolute Gasteiger partial charge is 0.334 e. The molecule has 2 amide bonds. The first kappa shape index (κ1) is 23.8. The van der Waals surface area contributed by atoms with Crippen LogP contribution in [0, 0.1) is 0 Å². The fraction of sp³-hybridized carbons (Fsp3) is 0.207. The zero-order valence-electron chi connectivity index (χ0n) is 20.5. The lowest BCUT2D eigenvalue weighted by Gasteiger charge is -2.35. The molecule has 2 heterocycles. The molecule has 0 fully saturated rings. The van der Waals surface area contributed by atoms with Gasteiger partial charge in [0.2, 0.25) is 5.82 Å². The number of nitrogens with zero attached hydrogens (tertiary/aromatic N) is 3. The Morgan fingerprint density at radius 3 is 2.44 bits per heavy atom. The van der Waals surface area contributed by atoms with Crippen molar-refractivity contribution in [1.29, 1.82) is 0 Å². The summed E-state index contributed by atoms with van der Waals surface area (Å²) in [5.74, 6) is 0.785. The predicted octanol–water partition coefficient (Wildman–Crippen LogP) is 7.22. The summed E-state index contributed by atoms with van der Waals surface area (Å²) < 4.78 is 5.79. The minimum Gasteiger partial charge on any atom is -0.334 e. The second-order valence-electron chi connectivity index (χ2n) is 8.77. The van der Waals surface area contributed by atoms with Crippen molar-refractivity contribution in [3.63, 3.8) is 0 Å². The van der Waals surface area contributed by atoms with E-state index in [0.29, 0.717) is 16.7 Å². The average molecular weight is 499 g/mol. The highest BCUT2D eigenvalue weighted by molar-refractivity contribution is 6.30. The number of carbonyl (C=O) groups excluding carboxylic acids is 1. The van der Waals surface area contributed by atoms with Crippen molar-refractivity contribution >= 4 is 28.9 Å². The number of urea groups is 1. The number of rotatable bonds is 6. The molecule has 1 aliphatic heterocycles. The predicted molar refractivity (Wildman–Crippen MR) is 143 cm³/mol. The maximum Gasteiger partial charge on any atom is 0.326 e. The Morgan fingerprint density at radius 1 is 0.972 bits per heavy atom. The number of amides is 2. The summed E-state index contributed by atoms with van der Waals surface area (Å²) in [6.07, 6.45) is 1.81. The van der Waals surface area contributed by atoms with E-state index in [1.165, 1.54) is 5.56 Å². The van der Waals surface area contributed by atoms with Crippen molar-refractivity contribution < 1.29 is 9.32 Å². The van der Waals surface area contributed by atoms with Gasteiger partial charge in [0.1, 0.15) is 0 Å². The SMILES string of the molecule is CCc1ccc(C2NC(=O)N(c3cccc(CC)c3)C(C)=C2c2nc(-c3cccc(Cl)c3)no2)cc1. The Labute approximate surface area is 215 Å².